The van der Waals surface area contributed by atoms with E-state index in [0.29, 0.717) is 0 Å². The second-order valence-electron chi connectivity index (χ2n) is 3.40. The molecular weight excluding hydrogens is 177 g/mol. The Bertz CT molecular complexity index is 289. The molecule has 1 aliphatic carbocycles. The predicted octanol–water partition coefficient (Wildman–Crippen LogP) is 3.35. The van der Waals surface area contributed by atoms with Crippen molar-refractivity contribution in [1.82, 2.24) is 0 Å². The van der Waals surface area contributed by atoms with Gasteiger partial charge in [0.25, 0.3) is 0 Å². The Morgan fingerprint density at radius 2 is 1.69 bits per heavy atom. The SMILES string of the molecule is FC(F)(F)[C@@H]1C[C@@H]1c1ccccc1. The Labute approximate surface area is 74.4 Å². The summed E-state index contributed by atoms with van der Waals surface area (Å²) < 4.78 is 36.5. The van der Waals surface area contributed by atoms with Gasteiger partial charge in [-0.3, -0.25) is 0 Å². The van der Waals surface area contributed by atoms with Gasteiger partial charge in [0.15, 0.2) is 0 Å². The van der Waals surface area contributed by atoms with Crippen molar-refractivity contribution in [3.8, 4) is 0 Å². The van der Waals surface area contributed by atoms with E-state index in [9.17, 15) is 13.2 Å². The average molecular weight is 186 g/mol. The summed E-state index contributed by atoms with van der Waals surface area (Å²) in [6.45, 7) is 0. The summed E-state index contributed by atoms with van der Waals surface area (Å²) in [6, 6.07) is 8.89. The fourth-order valence-corrected chi connectivity index (χ4v) is 1.63. The Morgan fingerprint density at radius 3 is 2.15 bits per heavy atom. The zero-order valence-corrected chi connectivity index (χ0v) is 6.88. The molecule has 1 aliphatic rings. The van der Waals surface area contributed by atoms with Crippen LogP contribution in [0.3, 0.4) is 0 Å². The van der Waals surface area contributed by atoms with Crippen molar-refractivity contribution in [3.05, 3.63) is 35.9 Å². The van der Waals surface area contributed by atoms with Crippen molar-refractivity contribution in [3.63, 3.8) is 0 Å². The van der Waals surface area contributed by atoms with Crippen molar-refractivity contribution >= 4 is 0 Å². The van der Waals surface area contributed by atoms with Gasteiger partial charge in [-0.25, -0.2) is 0 Å². The van der Waals surface area contributed by atoms with E-state index in [4.69, 9.17) is 0 Å². The minimum atomic E-state index is -4.01. The summed E-state index contributed by atoms with van der Waals surface area (Å²) in [6.07, 6.45) is -3.76. The van der Waals surface area contributed by atoms with Gasteiger partial charge in [0.05, 0.1) is 5.92 Å². The molecule has 70 valence electrons. The lowest BCUT2D eigenvalue weighted by Gasteiger charge is -2.04. The molecular formula is C10H9F3. The van der Waals surface area contributed by atoms with Crippen LogP contribution in [0.1, 0.15) is 17.9 Å². The van der Waals surface area contributed by atoms with Crippen LogP contribution in [0.4, 0.5) is 13.2 Å². The lowest BCUT2D eigenvalue weighted by atomic mass is 10.1. The molecule has 1 fully saturated rings. The van der Waals surface area contributed by atoms with E-state index < -0.39 is 12.1 Å². The standard InChI is InChI=1S/C10H9F3/c11-10(12,13)9-6-8(9)7-4-2-1-3-5-7/h1-5,8-9H,6H2/t8-,9-/m1/s1. The first-order valence-corrected chi connectivity index (χ1v) is 4.20. The summed E-state index contributed by atoms with van der Waals surface area (Å²) >= 11 is 0. The van der Waals surface area contributed by atoms with Crippen LogP contribution >= 0.6 is 0 Å². The fourth-order valence-electron chi connectivity index (χ4n) is 1.63. The monoisotopic (exact) mass is 186 g/mol. The van der Waals surface area contributed by atoms with E-state index in [1.54, 1.807) is 24.3 Å². The van der Waals surface area contributed by atoms with Crippen LogP contribution in [0, 0.1) is 5.92 Å². The Morgan fingerprint density at radius 1 is 1.08 bits per heavy atom. The van der Waals surface area contributed by atoms with Gasteiger partial charge in [-0.2, -0.15) is 13.2 Å². The molecule has 0 aliphatic heterocycles. The number of hydrogen-bond donors (Lipinski definition) is 0. The maximum Gasteiger partial charge on any atom is 0.392 e. The molecule has 13 heavy (non-hydrogen) atoms. The van der Waals surface area contributed by atoms with Gasteiger partial charge in [0.1, 0.15) is 0 Å². The minimum absolute atomic E-state index is 0.257. The molecule has 2 atom stereocenters. The summed E-state index contributed by atoms with van der Waals surface area (Å²) in [7, 11) is 0. The lowest BCUT2D eigenvalue weighted by Crippen LogP contribution is -2.11. The Hall–Kier alpha value is -0.990. The molecule has 0 spiro atoms. The first-order chi connectivity index (χ1) is 6.09. The van der Waals surface area contributed by atoms with Gasteiger partial charge >= 0.3 is 6.18 Å². The van der Waals surface area contributed by atoms with Crippen LogP contribution in [-0.4, -0.2) is 6.18 Å². The van der Waals surface area contributed by atoms with Gasteiger partial charge in [0, 0.05) is 0 Å². The van der Waals surface area contributed by atoms with Crippen LogP contribution in [0.2, 0.25) is 0 Å². The van der Waals surface area contributed by atoms with E-state index in [2.05, 4.69) is 0 Å². The van der Waals surface area contributed by atoms with Gasteiger partial charge in [-0.05, 0) is 17.9 Å². The molecule has 3 heteroatoms. The quantitative estimate of drug-likeness (QED) is 0.630. The number of halogens is 3. The zero-order valence-electron chi connectivity index (χ0n) is 6.88. The predicted molar refractivity (Wildman–Crippen MR) is 43.3 cm³/mol. The van der Waals surface area contributed by atoms with Gasteiger partial charge in [-0.15, -0.1) is 0 Å². The maximum atomic E-state index is 12.2. The third-order valence-corrected chi connectivity index (χ3v) is 2.44. The van der Waals surface area contributed by atoms with Crippen LogP contribution in [0.25, 0.3) is 0 Å². The molecule has 0 nitrogen and oxygen atoms in total. The topological polar surface area (TPSA) is 0 Å². The molecule has 2 rings (SSSR count). The normalized spacial score (nSPS) is 27.3. The number of benzene rings is 1. The first kappa shape index (κ1) is 8.60. The zero-order chi connectivity index (χ0) is 9.47. The number of hydrogen-bond acceptors (Lipinski definition) is 0. The molecule has 0 saturated heterocycles. The highest BCUT2D eigenvalue weighted by Crippen LogP contribution is 2.55. The highest BCUT2D eigenvalue weighted by Gasteiger charge is 2.55. The summed E-state index contributed by atoms with van der Waals surface area (Å²) in [5.74, 6) is -1.39. The van der Waals surface area contributed by atoms with E-state index in [-0.39, 0.29) is 12.3 Å². The average Bonchev–Trinajstić information content (AvgIpc) is 2.83. The summed E-state index contributed by atoms with van der Waals surface area (Å²) in [4.78, 5) is 0. The molecule has 0 aromatic heterocycles. The van der Waals surface area contributed by atoms with Gasteiger partial charge in [-0.1, -0.05) is 30.3 Å². The van der Waals surface area contributed by atoms with E-state index in [1.807, 2.05) is 6.07 Å². The second kappa shape index (κ2) is 2.76. The van der Waals surface area contributed by atoms with Crippen LogP contribution in [-0.2, 0) is 0 Å². The van der Waals surface area contributed by atoms with Crippen LogP contribution in [0.5, 0.6) is 0 Å². The summed E-state index contributed by atoms with van der Waals surface area (Å²) in [5.41, 5.74) is 0.810. The number of alkyl halides is 3. The van der Waals surface area contributed by atoms with Crippen molar-refractivity contribution in [1.29, 1.82) is 0 Å². The second-order valence-corrected chi connectivity index (χ2v) is 3.40. The smallest absolute Gasteiger partial charge is 0.171 e. The van der Waals surface area contributed by atoms with Crippen molar-refractivity contribution in [2.75, 3.05) is 0 Å². The van der Waals surface area contributed by atoms with Crippen molar-refractivity contribution in [2.45, 2.75) is 18.5 Å². The maximum absolute atomic E-state index is 12.2. The molecule has 0 unspecified atom stereocenters. The lowest BCUT2D eigenvalue weighted by molar-refractivity contribution is -0.148. The highest BCUT2D eigenvalue weighted by atomic mass is 19.4. The summed E-state index contributed by atoms with van der Waals surface area (Å²) in [5, 5.41) is 0. The van der Waals surface area contributed by atoms with E-state index in [1.165, 1.54) is 0 Å². The molecule has 0 radical (unpaired) electrons. The highest BCUT2D eigenvalue weighted by molar-refractivity contribution is 5.26. The van der Waals surface area contributed by atoms with Crippen LogP contribution < -0.4 is 0 Å². The van der Waals surface area contributed by atoms with Crippen molar-refractivity contribution < 1.29 is 13.2 Å². The van der Waals surface area contributed by atoms with Gasteiger partial charge < -0.3 is 0 Å². The third-order valence-electron chi connectivity index (χ3n) is 2.44. The Kier molecular flexibility index (Phi) is 1.82. The van der Waals surface area contributed by atoms with E-state index >= 15 is 0 Å². The molecule has 1 aromatic rings. The third kappa shape index (κ3) is 1.69. The fraction of sp³-hybridized carbons (Fsp3) is 0.400. The number of rotatable bonds is 1. The molecule has 0 amide bonds. The van der Waals surface area contributed by atoms with E-state index in [0.717, 1.165) is 5.56 Å². The molecule has 0 bridgehead atoms. The minimum Gasteiger partial charge on any atom is -0.171 e. The van der Waals surface area contributed by atoms with Crippen molar-refractivity contribution in [2.24, 2.45) is 5.92 Å². The molecule has 0 heterocycles. The first-order valence-electron chi connectivity index (χ1n) is 4.20. The van der Waals surface area contributed by atoms with Gasteiger partial charge in [0.2, 0.25) is 0 Å². The molecule has 1 aromatic carbocycles. The largest absolute Gasteiger partial charge is 0.392 e. The van der Waals surface area contributed by atoms with Crippen LogP contribution in [0.15, 0.2) is 30.3 Å². The molecule has 1 saturated carbocycles. The Balaban J connectivity index is 2.09. The molecule has 0 N–H and O–H groups in total.